The Kier molecular flexibility index (Phi) is 4.91. The van der Waals surface area contributed by atoms with Crippen LogP contribution in [-0.2, 0) is 11.3 Å². The summed E-state index contributed by atoms with van der Waals surface area (Å²) in [4.78, 5) is 0. The van der Waals surface area contributed by atoms with E-state index >= 15 is 0 Å². The second kappa shape index (κ2) is 6.25. The van der Waals surface area contributed by atoms with Crippen molar-refractivity contribution in [3.05, 3.63) is 33.8 Å². The number of rotatable bonds is 4. The van der Waals surface area contributed by atoms with E-state index in [0.717, 1.165) is 18.4 Å². The zero-order valence-corrected chi connectivity index (χ0v) is 11.9. The highest BCUT2D eigenvalue weighted by Crippen LogP contribution is 2.27. The van der Waals surface area contributed by atoms with Gasteiger partial charge in [-0.1, -0.05) is 48.5 Å². The Hall–Kier alpha value is -0.280. The van der Waals surface area contributed by atoms with Crippen molar-refractivity contribution in [1.82, 2.24) is 0 Å². The van der Waals surface area contributed by atoms with Gasteiger partial charge in [-0.15, -0.1) is 0 Å². The molecule has 0 bridgehead atoms. The van der Waals surface area contributed by atoms with Crippen LogP contribution in [0.15, 0.2) is 18.2 Å². The first kappa shape index (κ1) is 14.1. The summed E-state index contributed by atoms with van der Waals surface area (Å²) in [5, 5.41) is 1.14. The van der Waals surface area contributed by atoms with Gasteiger partial charge >= 0.3 is 0 Å². The minimum atomic E-state index is -0.130. The average Bonchev–Trinajstić information content (AvgIpc) is 2.34. The smallest absolute Gasteiger partial charge is 0.0718 e. The molecule has 1 aromatic rings. The van der Waals surface area contributed by atoms with Gasteiger partial charge in [0.05, 0.1) is 23.3 Å². The first-order valence-corrected chi connectivity index (χ1v) is 7.15. The molecule has 1 aliphatic rings. The van der Waals surface area contributed by atoms with Gasteiger partial charge in [0.15, 0.2) is 0 Å². The van der Waals surface area contributed by atoms with Gasteiger partial charge in [-0.2, -0.15) is 0 Å². The first-order valence-electron chi connectivity index (χ1n) is 6.40. The molecule has 0 aliphatic heterocycles. The van der Waals surface area contributed by atoms with E-state index in [9.17, 15) is 0 Å². The molecule has 0 spiro atoms. The van der Waals surface area contributed by atoms with E-state index in [2.05, 4.69) is 0 Å². The Bertz CT molecular complexity index is 403. The van der Waals surface area contributed by atoms with Crippen molar-refractivity contribution in [3.63, 3.8) is 0 Å². The molecule has 2 N–H and O–H groups in total. The Morgan fingerprint density at radius 3 is 2.50 bits per heavy atom. The lowest BCUT2D eigenvalue weighted by Gasteiger charge is -2.33. The van der Waals surface area contributed by atoms with Gasteiger partial charge in [0.2, 0.25) is 0 Å². The number of hydrogen-bond acceptors (Lipinski definition) is 2. The highest BCUT2D eigenvalue weighted by Gasteiger charge is 2.27. The van der Waals surface area contributed by atoms with Crippen LogP contribution in [0.1, 0.15) is 37.7 Å². The van der Waals surface area contributed by atoms with Crippen LogP contribution in [0.2, 0.25) is 10.0 Å². The Labute approximate surface area is 118 Å². The molecule has 0 radical (unpaired) electrons. The summed E-state index contributed by atoms with van der Waals surface area (Å²) in [5.74, 6) is 0. The number of nitrogens with two attached hydrogens (primary N) is 1. The maximum absolute atomic E-state index is 6.31. The summed E-state index contributed by atoms with van der Waals surface area (Å²) < 4.78 is 5.73. The van der Waals surface area contributed by atoms with Gasteiger partial charge in [-0.25, -0.2) is 0 Å². The molecule has 0 saturated heterocycles. The maximum Gasteiger partial charge on any atom is 0.0718 e. The van der Waals surface area contributed by atoms with Crippen LogP contribution in [-0.4, -0.2) is 12.1 Å². The van der Waals surface area contributed by atoms with Crippen molar-refractivity contribution in [2.24, 2.45) is 5.73 Å². The van der Waals surface area contributed by atoms with Crippen LogP contribution in [0.5, 0.6) is 0 Å². The van der Waals surface area contributed by atoms with Gasteiger partial charge in [0.1, 0.15) is 0 Å². The molecule has 1 fully saturated rings. The molecule has 4 heteroatoms. The van der Waals surface area contributed by atoms with Crippen molar-refractivity contribution < 1.29 is 4.74 Å². The van der Waals surface area contributed by atoms with E-state index in [-0.39, 0.29) is 5.54 Å². The maximum atomic E-state index is 6.31. The van der Waals surface area contributed by atoms with Gasteiger partial charge < -0.3 is 10.5 Å². The topological polar surface area (TPSA) is 35.2 Å². The fourth-order valence-electron chi connectivity index (χ4n) is 2.40. The quantitative estimate of drug-likeness (QED) is 0.902. The molecule has 2 nitrogen and oxygen atoms in total. The Balaban J connectivity index is 1.82. The largest absolute Gasteiger partial charge is 0.375 e. The number of halogens is 2. The van der Waals surface area contributed by atoms with Crippen LogP contribution >= 0.6 is 23.2 Å². The van der Waals surface area contributed by atoms with Crippen LogP contribution in [0.4, 0.5) is 0 Å². The molecule has 1 aromatic carbocycles. The van der Waals surface area contributed by atoms with E-state index in [1.807, 2.05) is 12.1 Å². The number of benzene rings is 1. The van der Waals surface area contributed by atoms with Gasteiger partial charge in [-0.05, 0) is 30.5 Å². The third kappa shape index (κ3) is 3.86. The Morgan fingerprint density at radius 2 is 1.83 bits per heavy atom. The molecule has 18 heavy (non-hydrogen) atoms. The summed E-state index contributed by atoms with van der Waals surface area (Å²) in [7, 11) is 0. The summed E-state index contributed by atoms with van der Waals surface area (Å²) in [5.41, 5.74) is 7.21. The van der Waals surface area contributed by atoms with E-state index in [1.165, 1.54) is 19.3 Å². The summed E-state index contributed by atoms with van der Waals surface area (Å²) in [6.07, 6.45) is 5.85. The molecular formula is C14H19Cl2NO. The predicted octanol–water partition coefficient (Wildman–Crippen LogP) is 4.17. The fraction of sp³-hybridized carbons (Fsp3) is 0.571. The number of ether oxygens (including phenoxy) is 1. The van der Waals surface area contributed by atoms with Crippen molar-refractivity contribution in [2.45, 2.75) is 44.2 Å². The van der Waals surface area contributed by atoms with Crippen LogP contribution in [0.25, 0.3) is 0 Å². The molecule has 1 saturated carbocycles. The third-order valence-electron chi connectivity index (χ3n) is 3.49. The molecular weight excluding hydrogens is 269 g/mol. The fourth-order valence-corrected chi connectivity index (χ4v) is 2.72. The SMILES string of the molecule is NC1(COCc2ccc(Cl)c(Cl)c2)CCCCC1. The van der Waals surface area contributed by atoms with Crippen molar-refractivity contribution >= 4 is 23.2 Å². The molecule has 0 unspecified atom stereocenters. The van der Waals surface area contributed by atoms with Crippen molar-refractivity contribution in [3.8, 4) is 0 Å². The predicted molar refractivity (Wildman–Crippen MR) is 76.1 cm³/mol. The van der Waals surface area contributed by atoms with Crippen LogP contribution in [0, 0.1) is 0 Å². The number of hydrogen-bond donors (Lipinski definition) is 1. The molecule has 0 heterocycles. The zero-order chi connectivity index (χ0) is 13.0. The lowest BCUT2D eigenvalue weighted by atomic mass is 9.83. The summed E-state index contributed by atoms with van der Waals surface area (Å²) in [6, 6.07) is 5.56. The summed E-state index contributed by atoms with van der Waals surface area (Å²) >= 11 is 11.8. The van der Waals surface area contributed by atoms with E-state index in [0.29, 0.717) is 23.3 Å². The van der Waals surface area contributed by atoms with Gasteiger partial charge in [0, 0.05) is 5.54 Å². The normalized spacial score (nSPS) is 18.8. The average molecular weight is 288 g/mol. The molecule has 0 atom stereocenters. The van der Waals surface area contributed by atoms with Gasteiger partial charge in [-0.3, -0.25) is 0 Å². The Morgan fingerprint density at radius 1 is 1.11 bits per heavy atom. The molecule has 0 amide bonds. The highest BCUT2D eigenvalue weighted by atomic mass is 35.5. The van der Waals surface area contributed by atoms with Gasteiger partial charge in [0.25, 0.3) is 0 Å². The summed E-state index contributed by atoms with van der Waals surface area (Å²) in [6.45, 7) is 1.16. The lowest BCUT2D eigenvalue weighted by molar-refractivity contribution is 0.0575. The second-order valence-electron chi connectivity index (χ2n) is 5.16. The van der Waals surface area contributed by atoms with Crippen molar-refractivity contribution in [1.29, 1.82) is 0 Å². The third-order valence-corrected chi connectivity index (χ3v) is 4.23. The minimum absolute atomic E-state index is 0.130. The van der Waals surface area contributed by atoms with Crippen LogP contribution in [0.3, 0.4) is 0 Å². The highest BCUT2D eigenvalue weighted by molar-refractivity contribution is 6.42. The molecule has 1 aliphatic carbocycles. The van der Waals surface area contributed by atoms with E-state index in [4.69, 9.17) is 33.7 Å². The molecule has 100 valence electrons. The lowest BCUT2D eigenvalue weighted by Crippen LogP contribution is -2.46. The monoisotopic (exact) mass is 287 g/mol. The van der Waals surface area contributed by atoms with E-state index in [1.54, 1.807) is 6.07 Å². The molecule has 2 rings (SSSR count). The standard InChI is InChI=1S/C14H19Cl2NO/c15-12-5-4-11(8-13(12)16)9-18-10-14(17)6-2-1-3-7-14/h4-5,8H,1-3,6-7,9-10,17H2. The second-order valence-corrected chi connectivity index (χ2v) is 5.98. The van der Waals surface area contributed by atoms with Crippen LogP contribution < -0.4 is 5.73 Å². The minimum Gasteiger partial charge on any atom is -0.375 e. The van der Waals surface area contributed by atoms with E-state index < -0.39 is 0 Å². The molecule has 0 aromatic heterocycles. The first-order chi connectivity index (χ1) is 8.59. The van der Waals surface area contributed by atoms with Crippen molar-refractivity contribution in [2.75, 3.05) is 6.61 Å². The zero-order valence-electron chi connectivity index (χ0n) is 10.4.